The molecule has 0 aromatic rings. The van der Waals surface area contributed by atoms with E-state index in [-0.39, 0.29) is 12.6 Å². The number of unbranched alkanes of at least 4 members (excludes halogenated alkanes) is 2. The van der Waals surface area contributed by atoms with Crippen molar-refractivity contribution >= 4 is 5.97 Å². The molecule has 5 nitrogen and oxygen atoms in total. The Bertz CT molecular complexity index is 222. The maximum atomic E-state index is 11.4. The number of rotatable bonds is 11. The van der Waals surface area contributed by atoms with Crippen molar-refractivity contribution in [3.05, 3.63) is 0 Å². The molecule has 0 atom stereocenters. The Balaban J connectivity index is 3.21. The third-order valence-electron chi connectivity index (χ3n) is 2.18. The van der Waals surface area contributed by atoms with Crippen LogP contribution in [0, 0.1) is 0 Å². The number of carbonyl (C=O) groups is 1. The van der Waals surface area contributed by atoms with Gasteiger partial charge in [0.15, 0.2) is 0 Å². The van der Waals surface area contributed by atoms with Gasteiger partial charge in [0.05, 0.1) is 26.2 Å². The number of carbonyl (C=O) groups excluding carboxylic acids is 1. The topological polar surface area (TPSA) is 65.0 Å². The number of hydrogen-bond donors (Lipinski definition) is 1. The predicted molar refractivity (Wildman–Crippen MR) is 73.0 cm³/mol. The molecule has 0 aliphatic heterocycles. The molecular weight excluding hydrogens is 248 g/mol. The van der Waals surface area contributed by atoms with E-state index < -0.39 is 5.60 Å². The van der Waals surface area contributed by atoms with E-state index in [2.05, 4.69) is 0 Å². The van der Waals surface area contributed by atoms with Crippen LogP contribution in [0.4, 0.5) is 0 Å². The second-order valence-electron chi connectivity index (χ2n) is 5.35. The van der Waals surface area contributed by atoms with Crippen LogP contribution < -0.4 is 0 Å². The normalized spacial score (nSPS) is 11.6. The van der Waals surface area contributed by atoms with E-state index in [0.717, 1.165) is 19.3 Å². The van der Waals surface area contributed by atoms with Crippen LogP contribution in [-0.4, -0.2) is 49.7 Å². The highest BCUT2D eigenvalue weighted by atomic mass is 16.6. The quantitative estimate of drug-likeness (QED) is 0.461. The van der Waals surface area contributed by atoms with Gasteiger partial charge >= 0.3 is 5.97 Å². The van der Waals surface area contributed by atoms with Gasteiger partial charge in [-0.2, -0.15) is 0 Å². The lowest BCUT2D eigenvalue weighted by atomic mass is 10.2. The summed E-state index contributed by atoms with van der Waals surface area (Å²) in [6, 6.07) is 0. The molecule has 0 aliphatic rings. The fourth-order valence-corrected chi connectivity index (χ4v) is 1.40. The summed E-state index contributed by atoms with van der Waals surface area (Å²) in [5.41, 5.74) is -0.425. The van der Waals surface area contributed by atoms with Crippen molar-refractivity contribution in [3.63, 3.8) is 0 Å². The van der Waals surface area contributed by atoms with Crippen molar-refractivity contribution in [2.75, 3.05) is 33.0 Å². The molecule has 0 heterocycles. The zero-order valence-corrected chi connectivity index (χ0v) is 12.4. The molecule has 0 radical (unpaired) electrons. The molecule has 0 saturated carbocycles. The van der Waals surface area contributed by atoms with E-state index in [9.17, 15) is 4.79 Å². The summed E-state index contributed by atoms with van der Waals surface area (Å²) in [5, 5.41) is 8.50. The molecule has 0 fully saturated rings. The molecule has 0 rings (SSSR count). The van der Waals surface area contributed by atoms with Crippen molar-refractivity contribution < 1.29 is 24.1 Å². The summed E-state index contributed by atoms with van der Waals surface area (Å²) >= 11 is 0. The van der Waals surface area contributed by atoms with Crippen molar-refractivity contribution in [3.8, 4) is 0 Å². The fraction of sp³-hybridized carbons (Fsp3) is 0.929. The van der Waals surface area contributed by atoms with Gasteiger partial charge in [0, 0.05) is 13.2 Å². The van der Waals surface area contributed by atoms with Crippen LogP contribution in [0.1, 0.15) is 46.5 Å². The Labute approximate surface area is 116 Å². The standard InChI is InChI=1S/C14H28O5/c1-14(2,3)19-13(16)7-11-17-9-5-4-6-10-18-12-8-15/h15H,4-12H2,1-3H3. The maximum Gasteiger partial charge on any atom is 0.308 e. The Morgan fingerprint density at radius 1 is 0.947 bits per heavy atom. The zero-order valence-electron chi connectivity index (χ0n) is 12.4. The molecule has 1 N–H and O–H groups in total. The summed E-state index contributed by atoms with van der Waals surface area (Å²) in [6.45, 7) is 7.79. The Kier molecular flexibility index (Phi) is 10.8. The highest BCUT2D eigenvalue weighted by molar-refractivity contribution is 5.69. The van der Waals surface area contributed by atoms with Gasteiger partial charge in [-0.3, -0.25) is 4.79 Å². The molecule has 0 aliphatic carbocycles. The minimum absolute atomic E-state index is 0.0772. The minimum Gasteiger partial charge on any atom is -0.460 e. The number of aliphatic hydroxyl groups is 1. The SMILES string of the molecule is CC(C)(C)OC(=O)CCOCCCCCOCCO. The van der Waals surface area contributed by atoms with E-state index in [1.165, 1.54) is 0 Å². The molecule has 0 unspecified atom stereocenters. The van der Waals surface area contributed by atoms with Crippen LogP contribution >= 0.6 is 0 Å². The van der Waals surface area contributed by atoms with Gasteiger partial charge in [0.2, 0.25) is 0 Å². The van der Waals surface area contributed by atoms with E-state index >= 15 is 0 Å². The van der Waals surface area contributed by atoms with Crippen LogP contribution in [0.2, 0.25) is 0 Å². The van der Waals surface area contributed by atoms with Crippen LogP contribution in [0.3, 0.4) is 0 Å². The molecule has 5 heteroatoms. The summed E-state index contributed by atoms with van der Waals surface area (Å²) in [7, 11) is 0. The Morgan fingerprint density at radius 3 is 2.05 bits per heavy atom. The minimum atomic E-state index is -0.425. The zero-order chi connectivity index (χ0) is 14.6. The predicted octanol–water partition coefficient (Wildman–Crippen LogP) is 1.91. The number of aliphatic hydroxyl groups excluding tert-OH is 1. The molecule has 0 aromatic carbocycles. The smallest absolute Gasteiger partial charge is 0.308 e. The molecular formula is C14H28O5. The monoisotopic (exact) mass is 276 g/mol. The third kappa shape index (κ3) is 15.3. The fourth-order valence-electron chi connectivity index (χ4n) is 1.40. The second kappa shape index (κ2) is 11.2. The van der Waals surface area contributed by atoms with Gasteiger partial charge in [0.1, 0.15) is 5.60 Å². The van der Waals surface area contributed by atoms with Crippen molar-refractivity contribution in [2.45, 2.75) is 52.1 Å². The molecule has 0 aromatic heterocycles. The molecule has 114 valence electrons. The van der Waals surface area contributed by atoms with Crippen molar-refractivity contribution in [2.24, 2.45) is 0 Å². The van der Waals surface area contributed by atoms with Gasteiger partial charge in [-0.25, -0.2) is 0 Å². The van der Waals surface area contributed by atoms with E-state index in [1.807, 2.05) is 20.8 Å². The Morgan fingerprint density at radius 2 is 1.53 bits per heavy atom. The lowest BCUT2D eigenvalue weighted by Gasteiger charge is -2.19. The lowest BCUT2D eigenvalue weighted by Crippen LogP contribution is -2.24. The van der Waals surface area contributed by atoms with E-state index in [0.29, 0.717) is 32.8 Å². The van der Waals surface area contributed by atoms with Crippen LogP contribution in [0.15, 0.2) is 0 Å². The van der Waals surface area contributed by atoms with Crippen molar-refractivity contribution in [1.29, 1.82) is 0 Å². The summed E-state index contributed by atoms with van der Waals surface area (Å²) < 4.78 is 15.7. The first-order valence-corrected chi connectivity index (χ1v) is 6.94. The summed E-state index contributed by atoms with van der Waals surface area (Å²) in [4.78, 5) is 11.4. The summed E-state index contributed by atoms with van der Waals surface area (Å²) in [5.74, 6) is -0.218. The van der Waals surface area contributed by atoms with Gasteiger partial charge in [-0.05, 0) is 40.0 Å². The average Bonchev–Trinajstić information content (AvgIpc) is 2.29. The van der Waals surface area contributed by atoms with Crippen LogP contribution in [-0.2, 0) is 19.0 Å². The van der Waals surface area contributed by atoms with E-state index in [4.69, 9.17) is 19.3 Å². The van der Waals surface area contributed by atoms with Gasteiger partial charge in [0.25, 0.3) is 0 Å². The first-order valence-electron chi connectivity index (χ1n) is 6.94. The number of hydrogen-bond acceptors (Lipinski definition) is 5. The number of ether oxygens (including phenoxy) is 3. The number of esters is 1. The van der Waals surface area contributed by atoms with Gasteiger partial charge < -0.3 is 19.3 Å². The van der Waals surface area contributed by atoms with E-state index in [1.54, 1.807) is 0 Å². The Hall–Kier alpha value is -0.650. The largest absolute Gasteiger partial charge is 0.460 e. The third-order valence-corrected chi connectivity index (χ3v) is 2.18. The highest BCUT2D eigenvalue weighted by Crippen LogP contribution is 2.08. The van der Waals surface area contributed by atoms with Crippen molar-refractivity contribution in [1.82, 2.24) is 0 Å². The second-order valence-corrected chi connectivity index (χ2v) is 5.35. The molecule has 0 amide bonds. The van der Waals surface area contributed by atoms with Gasteiger partial charge in [-0.15, -0.1) is 0 Å². The molecule has 0 saturated heterocycles. The average molecular weight is 276 g/mol. The first-order chi connectivity index (χ1) is 8.95. The van der Waals surface area contributed by atoms with Crippen LogP contribution in [0.5, 0.6) is 0 Å². The maximum absolute atomic E-state index is 11.4. The summed E-state index contributed by atoms with van der Waals surface area (Å²) in [6.07, 6.45) is 3.25. The molecule has 0 spiro atoms. The molecule has 19 heavy (non-hydrogen) atoms. The molecule has 0 bridgehead atoms. The lowest BCUT2D eigenvalue weighted by molar-refractivity contribution is -0.156. The van der Waals surface area contributed by atoms with Crippen LogP contribution in [0.25, 0.3) is 0 Å². The highest BCUT2D eigenvalue weighted by Gasteiger charge is 2.15. The van der Waals surface area contributed by atoms with Gasteiger partial charge in [-0.1, -0.05) is 0 Å². The first kappa shape index (κ1) is 18.4.